The van der Waals surface area contributed by atoms with Crippen molar-refractivity contribution >= 4 is 38.9 Å². The molecule has 0 unspecified atom stereocenters. The zero-order valence-corrected chi connectivity index (χ0v) is 17.5. The first kappa shape index (κ1) is 18.6. The molecule has 0 saturated carbocycles. The first-order valence-electron chi connectivity index (χ1n) is 8.79. The van der Waals surface area contributed by atoms with E-state index in [4.69, 9.17) is 4.98 Å². The van der Waals surface area contributed by atoms with E-state index in [0.29, 0.717) is 5.56 Å². The molecular weight excluding hydrogens is 432 g/mol. The van der Waals surface area contributed by atoms with Gasteiger partial charge in [0.2, 0.25) is 0 Å². The van der Waals surface area contributed by atoms with E-state index in [9.17, 15) is 4.79 Å². The summed E-state index contributed by atoms with van der Waals surface area (Å²) in [4.78, 5) is 17.1. The number of rotatable bonds is 4. The van der Waals surface area contributed by atoms with Crippen LogP contribution in [-0.4, -0.2) is 10.9 Å². The van der Waals surface area contributed by atoms with E-state index in [-0.39, 0.29) is 5.91 Å². The zero-order valence-electron chi connectivity index (χ0n) is 15.1. The van der Waals surface area contributed by atoms with E-state index < -0.39 is 0 Å². The number of aromatic nitrogens is 1. The van der Waals surface area contributed by atoms with Crippen LogP contribution in [0, 0.1) is 6.92 Å². The molecule has 28 heavy (non-hydrogen) atoms. The van der Waals surface area contributed by atoms with Crippen LogP contribution < -0.4 is 5.32 Å². The highest BCUT2D eigenvalue weighted by Gasteiger charge is 2.10. The summed E-state index contributed by atoms with van der Waals surface area (Å²) in [6, 6.07) is 23.3. The average Bonchev–Trinajstić information content (AvgIpc) is 3.19. The maximum Gasteiger partial charge on any atom is 0.255 e. The fraction of sp³-hybridized carbons (Fsp3) is 0.0435. The second kappa shape index (κ2) is 8.09. The fourth-order valence-corrected chi connectivity index (χ4v) is 4.06. The molecule has 3 nitrogen and oxygen atoms in total. The zero-order chi connectivity index (χ0) is 19.5. The summed E-state index contributed by atoms with van der Waals surface area (Å²) in [5, 5.41) is 6.00. The van der Waals surface area contributed by atoms with Crippen LogP contribution in [0.25, 0.3) is 21.8 Å². The quantitative estimate of drug-likeness (QED) is 0.372. The standard InChI is InChI=1S/C23H17BrN2OS/c1-15-4-2-3-5-20(15)23-26-21(14-28-23)16-8-12-19(13-9-16)25-22(27)17-6-10-18(24)11-7-17/h2-14H,1H3,(H,25,27). The van der Waals surface area contributed by atoms with E-state index in [2.05, 4.69) is 45.7 Å². The topological polar surface area (TPSA) is 42.0 Å². The molecule has 4 rings (SSSR count). The smallest absolute Gasteiger partial charge is 0.255 e. The van der Waals surface area contributed by atoms with Gasteiger partial charge in [0, 0.05) is 32.2 Å². The number of thiazole rings is 1. The van der Waals surface area contributed by atoms with Crippen molar-refractivity contribution in [2.75, 3.05) is 5.32 Å². The van der Waals surface area contributed by atoms with E-state index >= 15 is 0 Å². The first-order chi connectivity index (χ1) is 13.6. The highest BCUT2D eigenvalue weighted by Crippen LogP contribution is 2.31. The van der Waals surface area contributed by atoms with Gasteiger partial charge in [-0.25, -0.2) is 4.98 Å². The van der Waals surface area contributed by atoms with E-state index in [1.165, 1.54) is 5.56 Å². The maximum atomic E-state index is 12.3. The van der Waals surface area contributed by atoms with Crippen LogP contribution in [0.3, 0.4) is 0 Å². The molecule has 0 aliphatic rings. The Bertz CT molecular complexity index is 1120. The Morgan fingerprint density at radius 1 is 0.964 bits per heavy atom. The normalized spacial score (nSPS) is 10.6. The Hall–Kier alpha value is -2.76. The number of carbonyl (C=O) groups excluding carboxylic acids is 1. The monoisotopic (exact) mass is 448 g/mol. The lowest BCUT2D eigenvalue weighted by molar-refractivity contribution is 0.102. The molecule has 1 aromatic heterocycles. The molecule has 3 aromatic carbocycles. The third-order valence-electron chi connectivity index (χ3n) is 4.42. The number of hydrogen-bond donors (Lipinski definition) is 1. The lowest BCUT2D eigenvalue weighted by Crippen LogP contribution is -2.11. The number of nitrogens with one attached hydrogen (secondary N) is 1. The molecule has 0 saturated heterocycles. The Balaban J connectivity index is 1.50. The summed E-state index contributed by atoms with van der Waals surface area (Å²) in [6.45, 7) is 2.10. The summed E-state index contributed by atoms with van der Waals surface area (Å²) in [5.74, 6) is -0.129. The number of halogens is 1. The molecule has 1 amide bonds. The number of amides is 1. The second-order valence-corrected chi connectivity index (χ2v) is 8.16. The molecule has 0 fully saturated rings. The molecule has 0 spiro atoms. The highest BCUT2D eigenvalue weighted by molar-refractivity contribution is 9.10. The van der Waals surface area contributed by atoms with Crippen LogP contribution in [-0.2, 0) is 0 Å². The van der Waals surface area contributed by atoms with Gasteiger partial charge in [-0.15, -0.1) is 11.3 Å². The highest BCUT2D eigenvalue weighted by atomic mass is 79.9. The lowest BCUT2D eigenvalue weighted by Gasteiger charge is -2.06. The Labute approximate surface area is 176 Å². The van der Waals surface area contributed by atoms with Gasteiger partial charge in [0.15, 0.2) is 0 Å². The van der Waals surface area contributed by atoms with Crippen LogP contribution in [0.15, 0.2) is 82.6 Å². The Morgan fingerprint density at radius 3 is 2.39 bits per heavy atom. The number of nitrogens with zero attached hydrogens (tertiary/aromatic N) is 1. The van der Waals surface area contributed by atoms with Gasteiger partial charge in [-0.1, -0.05) is 52.3 Å². The van der Waals surface area contributed by atoms with Gasteiger partial charge >= 0.3 is 0 Å². The van der Waals surface area contributed by atoms with Crippen molar-refractivity contribution in [3.63, 3.8) is 0 Å². The number of benzene rings is 3. The van der Waals surface area contributed by atoms with Crippen LogP contribution in [0.1, 0.15) is 15.9 Å². The maximum absolute atomic E-state index is 12.3. The van der Waals surface area contributed by atoms with E-state index in [1.807, 2.05) is 48.5 Å². The van der Waals surface area contributed by atoms with Gasteiger partial charge in [0.05, 0.1) is 5.69 Å². The minimum absolute atomic E-state index is 0.129. The number of carbonyl (C=O) groups is 1. The third kappa shape index (κ3) is 4.06. The van der Waals surface area contributed by atoms with Gasteiger partial charge in [-0.05, 0) is 48.9 Å². The van der Waals surface area contributed by atoms with E-state index in [1.54, 1.807) is 23.5 Å². The second-order valence-electron chi connectivity index (χ2n) is 6.39. The van der Waals surface area contributed by atoms with E-state index in [0.717, 1.165) is 32.0 Å². The Kier molecular flexibility index (Phi) is 5.37. The summed E-state index contributed by atoms with van der Waals surface area (Å²) in [6.07, 6.45) is 0. The largest absolute Gasteiger partial charge is 0.322 e. The van der Waals surface area contributed by atoms with Crippen molar-refractivity contribution in [1.82, 2.24) is 4.98 Å². The molecule has 138 valence electrons. The first-order valence-corrected chi connectivity index (χ1v) is 10.5. The van der Waals surface area contributed by atoms with Gasteiger partial charge in [-0.3, -0.25) is 4.79 Å². The van der Waals surface area contributed by atoms with Crippen LogP contribution in [0.2, 0.25) is 0 Å². The van der Waals surface area contributed by atoms with Crippen molar-refractivity contribution in [3.05, 3.63) is 93.8 Å². The summed E-state index contributed by atoms with van der Waals surface area (Å²) < 4.78 is 0.946. The van der Waals surface area contributed by atoms with Crippen molar-refractivity contribution in [2.45, 2.75) is 6.92 Å². The molecule has 0 aliphatic heterocycles. The summed E-state index contributed by atoms with van der Waals surface area (Å²) in [5.41, 5.74) is 5.72. The molecule has 0 atom stereocenters. The Morgan fingerprint density at radius 2 is 1.68 bits per heavy atom. The lowest BCUT2D eigenvalue weighted by atomic mass is 10.1. The van der Waals surface area contributed by atoms with Crippen molar-refractivity contribution in [1.29, 1.82) is 0 Å². The number of aryl methyl sites for hydroxylation is 1. The molecule has 1 N–H and O–H groups in total. The third-order valence-corrected chi connectivity index (χ3v) is 5.83. The van der Waals surface area contributed by atoms with Crippen LogP contribution in [0.4, 0.5) is 5.69 Å². The molecule has 5 heteroatoms. The minimum Gasteiger partial charge on any atom is -0.322 e. The van der Waals surface area contributed by atoms with Gasteiger partial charge in [-0.2, -0.15) is 0 Å². The molecule has 0 bridgehead atoms. The molecule has 0 aliphatic carbocycles. The number of hydrogen-bond acceptors (Lipinski definition) is 3. The number of anilines is 1. The summed E-state index contributed by atoms with van der Waals surface area (Å²) in [7, 11) is 0. The average molecular weight is 449 g/mol. The predicted octanol–water partition coefficient (Wildman–Crippen LogP) is 6.80. The molecule has 0 radical (unpaired) electrons. The molecule has 4 aromatic rings. The van der Waals surface area contributed by atoms with Crippen LogP contribution >= 0.6 is 27.3 Å². The van der Waals surface area contributed by atoms with Gasteiger partial charge < -0.3 is 5.32 Å². The minimum atomic E-state index is -0.129. The summed E-state index contributed by atoms with van der Waals surface area (Å²) >= 11 is 5.02. The molecular formula is C23H17BrN2OS. The van der Waals surface area contributed by atoms with Crippen molar-refractivity contribution < 1.29 is 4.79 Å². The van der Waals surface area contributed by atoms with Crippen LogP contribution in [0.5, 0.6) is 0 Å². The van der Waals surface area contributed by atoms with Crippen molar-refractivity contribution in [2.24, 2.45) is 0 Å². The van der Waals surface area contributed by atoms with Crippen molar-refractivity contribution in [3.8, 4) is 21.8 Å². The predicted molar refractivity (Wildman–Crippen MR) is 120 cm³/mol. The SMILES string of the molecule is Cc1ccccc1-c1nc(-c2ccc(NC(=O)c3ccc(Br)cc3)cc2)cs1. The fourth-order valence-electron chi connectivity index (χ4n) is 2.87. The molecule has 1 heterocycles. The van der Waals surface area contributed by atoms with Gasteiger partial charge in [0.1, 0.15) is 5.01 Å². The van der Waals surface area contributed by atoms with Gasteiger partial charge in [0.25, 0.3) is 5.91 Å².